The molecule has 0 bridgehead atoms. The van der Waals surface area contributed by atoms with Gasteiger partial charge in [0.05, 0.1) is 12.5 Å². The van der Waals surface area contributed by atoms with Crippen LogP contribution in [0, 0.1) is 5.41 Å². The third kappa shape index (κ3) is 2.75. The fourth-order valence-electron chi connectivity index (χ4n) is 3.73. The number of fused-ring (bicyclic) bond motifs is 2. The highest BCUT2D eigenvalue weighted by molar-refractivity contribution is 6.69. The molecule has 0 amide bonds. The average Bonchev–Trinajstić information content (AvgIpc) is 2.59. The Labute approximate surface area is 156 Å². The van der Waals surface area contributed by atoms with Crippen LogP contribution in [-0.4, -0.2) is 21.4 Å². The number of esters is 1. The number of hydrogen-bond donors (Lipinski definition) is 0. The molecule has 0 spiro atoms. The van der Waals surface area contributed by atoms with E-state index in [1.807, 2.05) is 62.4 Å². The van der Waals surface area contributed by atoms with Crippen LogP contribution in [-0.2, 0) is 19.6 Å². The topological polar surface area (TPSA) is 44.8 Å². The highest BCUT2D eigenvalue weighted by Crippen LogP contribution is 2.58. The van der Waals surface area contributed by atoms with Gasteiger partial charge in [-0.1, -0.05) is 36.4 Å². The molecule has 0 aliphatic carbocycles. The zero-order valence-electron chi connectivity index (χ0n) is 16.3. The molecular weight excluding hydrogens is 344 g/mol. The molecule has 0 saturated carbocycles. The van der Waals surface area contributed by atoms with E-state index < -0.39 is 19.3 Å². The summed E-state index contributed by atoms with van der Waals surface area (Å²) in [5, 5.41) is 0. The summed E-state index contributed by atoms with van der Waals surface area (Å²) >= 11 is 0. The number of ether oxygens (including phenoxy) is 2. The number of carbonyl (C=O) groups excluding carboxylic acids is 1. The predicted octanol–water partition coefficient (Wildman–Crippen LogP) is 5.09. The molecule has 0 N–H and O–H groups in total. The van der Waals surface area contributed by atoms with Crippen molar-refractivity contribution in [1.82, 2.24) is 0 Å². The maximum atomic E-state index is 12.9. The Bertz CT molecular complexity index is 790. The maximum absolute atomic E-state index is 12.9. The molecule has 4 nitrogen and oxygen atoms in total. The molecular formula is C21H26O4Si. The van der Waals surface area contributed by atoms with Crippen molar-refractivity contribution in [1.29, 1.82) is 0 Å². The summed E-state index contributed by atoms with van der Waals surface area (Å²) in [5.41, 5.74) is -0.235. The minimum absolute atomic E-state index is 0.317. The molecule has 0 aromatic heterocycles. The first-order valence-corrected chi connectivity index (χ1v) is 12.2. The molecule has 2 aromatic carbocycles. The minimum Gasteiger partial charge on any atom is -0.469 e. The second-order valence-electron chi connectivity index (χ2n) is 8.11. The monoisotopic (exact) mass is 370 g/mol. The Morgan fingerprint density at radius 3 is 1.85 bits per heavy atom. The lowest BCUT2D eigenvalue weighted by Crippen LogP contribution is -2.55. The van der Waals surface area contributed by atoms with Gasteiger partial charge in [-0.2, -0.15) is 0 Å². The van der Waals surface area contributed by atoms with E-state index in [-0.39, 0.29) is 5.97 Å². The summed E-state index contributed by atoms with van der Waals surface area (Å²) in [4.78, 5) is 12.9. The summed E-state index contributed by atoms with van der Waals surface area (Å²) in [7, 11) is -0.666. The van der Waals surface area contributed by atoms with E-state index in [9.17, 15) is 4.79 Å². The number of carbonyl (C=O) groups is 1. The van der Waals surface area contributed by atoms with Crippen molar-refractivity contribution in [2.75, 3.05) is 7.11 Å². The standard InChI is InChI=1S/C21H26O4Si/c1-20(2,19(22)23-3)21(25-26(4,5)6)15-11-7-9-13-17(15)24-18-14-10-8-12-16(18)21/h7-14H,1-6H3. The first kappa shape index (κ1) is 18.7. The molecule has 0 unspecified atom stereocenters. The Hall–Kier alpha value is -2.11. The highest BCUT2D eigenvalue weighted by Gasteiger charge is 2.59. The molecule has 26 heavy (non-hydrogen) atoms. The first-order chi connectivity index (χ1) is 12.1. The van der Waals surface area contributed by atoms with Crippen LogP contribution in [0.3, 0.4) is 0 Å². The summed E-state index contributed by atoms with van der Waals surface area (Å²) in [6.07, 6.45) is 0. The quantitative estimate of drug-likeness (QED) is 0.556. The number of hydrogen-bond acceptors (Lipinski definition) is 4. The first-order valence-electron chi connectivity index (χ1n) is 8.79. The van der Waals surface area contributed by atoms with Crippen molar-refractivity contribution in [3.05, 3.63) is 59.7 Å². The third-order valence-electron chi connectivity index (χ3n) is 4.79. The zero-order valence-corrected chi connectivity index (χ0v) is 17.3. The van der Waals surface area contributed by atoms with E-state index >= 15 is 0 Å². The van der Waals surface area contributed by atoms with Crippen molar-refractivity contribution in [2.24, 2.45) is 5.41 Å². The Morgan fingerprint density at radius 1 is 0.962 bits per heavy atom. The fourth-order valence-corrected chi connectivity index (χ4v) is 5.12. The van der Waals surface area contributed by atoms with Crippen LogP contribution >= 0.6 is 0 Å². The largest absolute Gasteiger partial charge is 0.469 e. The zero-order chi connectivity index (χ0) is 19.2. The molecule has 5 heteroatoms. The number of methoxy groups -OCH3 is 1. The summed E-state index contributed by atoms with van der Waals surface area (Å²) < 4.78 is 18.2. The van der Waals surface area contributed by atoms with E-state index in [1.54, 1.807) is 0 Å². The van der Waals surface area contributed by atoms with Crippen molar-refractivity contribution in [3.8, 4) is 11.5 Å². The third-order valence-corrected chi connectivity index (χ3v) is 5.71. The lowest BCUT2D eigenvalue weighted by molar-refractivity contribution is -0.163. The van der Waals surface area contributed by atoms with Gasteiger partial charge in [0, 0.05) is 11.1 Å². The summed E-state index contributed by atoms with van der Waals surface area (Å²) in [6.45, 7) is 10.2. The lowest BCUT2D eigenvalue weighted by atomic mass is 9.66. The fraction of sp³-hybridized carbons (Fsp3) is 0.381. The van der Waals surface area contributed by atoms with Gasteiger partial charge in [-0.05, 0) is 45.6 Å². The van der Waals surface area contributed by atoms with Gasteiger partial charge in [0.25, 0.3) is 0 Å². The minimum atomic E-state index is -2.09. The normalized spacial score (nSPS) is 15.5. The van der Waals surface area contributed by atoms with Gasteiger partial charge in [0.15, 0.2) is 8.32 Å². The molecule has 3 rings (SSSR count). The molecule has 0 atom stereocenters. The second kappa shape index (κ2) is 6.25. The second-order valence-corrected chi connectivity index (χ2v) is 12.5. The number of rotatable bonds is 4. The Balaban J connectivity index is 2.42. The predicted molar refractivity (Wildman–Crippen MR) is 104 cm³/mol. The Kier molecular flexibility index (Phi) is 4.49. The molecule has 0 saturated heterocycles. The van der Waals surface area contributed by atoms with E-state index in [2.05, 4.69) is 19.6 Å². The van der Waals surface area contributed by atoms with Crippen LogP contribution in [0.5, 0.6) is 11.5 Å². The SMILES string of the molecule is COC(=O)C(C)(C)C1(O[Si](C)(C)C)c2ccccc2Oc2ccccc21. The van der Waals surface area contributed by atoms with Crippen LogP contribution in [0.2, 0.25) is 19.6 Å². The van der Waals surface area contributed by atoms with Gasteiger partial charge >= 0.3 is 5.97 Å². The molecule has 0 radical (unpaired) electrons. The summed E-state index contributed by atoms with van der Waals surface area (Å²) in [5.74, 6) is 1.10. The average molecular weight is 371 g/mol. The summed E-state index contributed by atoms with van der Waals surface area (Å²) in [6, 6.07) is 15.6. The van der Waals surface area contributed by atoms with E-state index in [0.717, 1.165) is 11.1 Å². The number of benzene rings is 2. The van der Waals surface area contributed by atoms with Crippen molar-refractivity contribution in [3.63, 3.8) is 0 Å². The maximum Gasteiger partial charge on any atom is 0.314 e. The molecule has 1 aliphatic rings. The molecule has 1 heterocycles. The van der Waals surface area contributed by atoms with Crippen molar-refractivity contribution in [2.45, 2.75) is 39.1 Å². The van der Waals surface area contributed by atoms with Crippen molar-refractivity contribution < 1.29 is 18.7 Å². The van der Waals surface area contributed by atoms with E-state index in [4.69, 9.17) is 13.9 Å². The van der Waals surface area contributed by atoms with Gasteiger partial charge in [-0.25, -0.2) is 0 Å². The van der Waals surface area contributed by atoms with Crippen LogP contribution in [0.25, 0.3) is 0 Å². The van der Waals surface area contributed by atoms with E-state index in [1.165, 1.54) is 7.11 Å². The van der Waals surface area contributed by atoms with Gasteiger partial charge in [0.2, 0.25) is 0 Å². The smallest absolute Gasteiger partial charge is 0.314 e. The number of para-hydroxylation sites is 2. The van der Waals surface area contributed by atoms with Gasteiger partial charge in [0.1, 0.15) is 17.1 Å². The molecule has 2 aromatic rings. The van der Waals surface area contributed by atoms with Gasteiger partial charge in [-0.3, -0.25) is 4.79 Å². The van der Waals surface area contributed by atoms with Crippen LogP contribution < -0.4 is 4.74 Å². The van der Waals surface area contributed by atoms with Gasteiger partial charge in [-0.15, -0.1) is 0 Å². The van der Waals surface area contributed by atoms with Crippen molar-refractivity contribution >= 4 is 14.3 Å². The van der Waals surface area contributed by atoms with Crippen LogP contribution in [0.4, 0.5) is 0 Å². The van der Waals surface area contributed by atoms with Crippen LogP contribution in [0.15, 0.2) is 48.5 Å². The molecule has 0 fully saturated rings. The van der Waals surface area contributed by atoms with Crippen LogP contribution in [0.1, 0.15) is 25.0 Å². The van der Waals surface area contributed by atoms with E-state index in [0.29, 0.717) is 11.5 Å². The molecule has 138 valence electrons. The van der Waals surface area contributed by atoms with Gasteiger partial charge < -0.3 is 13.9 Å². The highest BCUT2D eigenvalue weighted by atomic mass is 28.4. The molecule has 1 aliphatic heterocycles. The lowest BCUT2D eigenvalue weighted by Gasteiger charge is -2.51. The Morgan fingerprint density at radius 2 is 1.42 bits per heavy atom.